The van der Waals surface area contributed by atoms with Crippen molar-refractivity contribution >= 4 is 23.4 Å². The molecule has 0 fully saturated rings. The van der Waals surface area contributed by atoms with Crippen LogP contribution in [-0.2, 0) is 29.7 Å². The Morgan fingerprint density at radius 2 is 1.53 bits per heavy atom. The molecule has 1 aliphatic heterocycles. The maximum absolute atomic E-state index is 13.7. The van der Waals surface area contributed by atoms with Crippen LogP contribution in [0.1, 0.15) is 71.9 Å². The third-order valence-electron chi connectivity index (χ3n) is 7.34. The molecule has 2 heterocycles. The number of alkyl halides is 9. The van der Waals surface area contributed by atoms with Gasteiger partial charge in [0.1, 0.15) is 0 Å². The Morgan fingerprint density at radius 3 is 2.07 bits per heavy atom. The Bertz CT molecular complexity index is 1540. The van der Waals surface area contributed by atoms with Gasteiger partial charge in [0.05, 0.1) is 52.1 Å². The van der Waals surface area contributed by atoms with Crippen molar-refractivity contribution in [3.63, 3.8) is 0 Å². The van der Waals surface area contributed by atoms with Crippen LogP contribution in [0, 0.1) is 6.92 Å². The summed E-state index contributed by atoms with van der Waals surface area (Å²) in [6.07, 6.45) is -15.6. The van der Waals surface area contributed by atoms with Crippen LogP contribution in [0.25, 0.3) is 0 Å². The number of nitrogens with two attached hydrogens (primary N) is 1. The topological polar surface area (TPSA) is 93.4 Å². The van der Waals surface area contributed by atoms with Gasteiger partial charge in [-0.25, -0.2) is 14.8 Å². The second kappa shape index (κ2) is 12.3. The van der Waals surface area contributed by atoms with E-state index in [0.717, 1.165) is 18.2 Å². The lowest BCUT2D eigenvalue weighted by Crippen LogP contribution is -2.46. The zero-order chi connectivity index (χ0) is 33.5. The lowest BCUT2D eigenvalue weighted by Gasteiger charge is -2.40. The molecule has 16 heteroatoms. The van der Waals surface area contributed by atoms with Crippen molar-refractivity contribution in [2.45, 2.75) is 70.6 Å². The van der Waals surface area contributed by atoms with E-state index in [1.165, 1.54) is 11.8 Å². The maximum Gasteiger partial charge on any atom is 0.416 e. The number of fused-ring (bicyclic) bond motifs is 1. The molecule has 4 rings (SSSR count). The van der Waals surface area contributed by atoms with Gasteiger partial charge in [-0.15, -0.1) is 0 Å². The van der Waals surface area contributed by atoms with Gasteiger partial charge in [-0.2, -0.15) is 39.5 Å². The SMILES string of the molecule is CCOC(=O)N1c2ccc(C(F)(F)F)cc2[C@@H](Nc2nc(C)c(N)c(Cc3cc(C(F)(F)F)cc(C(F)(F)F)c3)n2)C[C@H]1CC. The fourth-order valence-corrected chi connectivity index (χ4v) is 5.17. The highest BCUT2D eigenvalue weighted by molar-refractivity contribution is 5.90. The van der Waals surface area contributed by atoms with Gasteiger partial charge >= 0.3 is 24.6 Å². The molecule has 3 aromatic rings. The first-order valence-corrected chi connectivity index (χ1v) is 13.7. The largest absolute Gasteiger partial charge is 0.449 e. The number of benzene rings is 2. The third-order valence-corrected chi connectivity index (χ3v) is 7.34. The van der Waals surface area contributed by atoms with Crippen molar-refractivity contribution < 1.29 is 49.0 Å². The normalized spacial score (nSPS) is 17.2. The molecule has 0 bridgehead atoms. The summed E-state index contributed by atoms with van der Waals surface area (Å²) in [5, 5.41) is 2.95. The van der Waals surface area contributed by atoms with Crippen molar-refractivity contribution in [2.24, 2.45) is 0 Å². The van der Waals surface area contributed by atoms with Crippen LogP contribution < -0.4 is 16.0 Å². The predicted molar refractivity (Wildman–Crippen MR) is 146 cm³/mol. The number of rotatable bonds is 6. The number of aryl methyl sites for hydroxylation is 1. The van der Waals surface area contributed by atoms with E-state index in [4.69, 9.17) is 10.5 Å². The standard InChI is InChI=1S/C29H28F9N5O2/c1-4-19-13-21(20-12-16(27(30,31)32)6-7-23(20)43(19)26(44)45-5-2)41-25-40-14(3)24(39)22(42-25)10-15-8-17(28(33,34)35)11-18(9-15)29(36,37)38/h6-9,11-12,19,21H,4-5,10,13,39H2,1-3H3,(H,40,41,42)/t19-,21+/m1/s1. The van der Waals surface area contributed by atoms with Crippen LogP contribution >= 0.6 is 0 Å². The van der Waals surface area contributed by atoms with E-state index in [1.807, 2.05) is 0 Å². The Balaban J connectivity index is 1.77. The summed E-state index contributed by atoms with van der Waals surface area (Å²) < 4.78 is 127. The van der Waals surface area contributed by atoms with Gasteiger partial charge in [0.25, 0.3) is 0 Å². The Morgan fingerprint density at radius 1 is 0.933 bits per heavy atom. The van der Waals surface area contributed by atoms with Gasteiger partial charge in [-0.05, 0) is 74.2 Å². The fraction of sp³-hybridized carbons (Fsp3) is 0.414. The average Bonchev–Trinajstić information content (AvgIpc) is 2.93. The molecule has 0 aliphatic carbocycles. The van der Waals surface area contributed by atoms with Crippen LogP contribution in [-0.4, -0.2) is 28.7 Å². The van der Waals surface area contributed by atoms with Gasteiger partial charge in [-0.1, -0.05) is 6.92 Å². The molecule has 2 atom stereocenters. The first-order chi connectivity index (χ1) is 20.8. The van der Waals surface area contributed by atoms with E-state index < -0.39 is 59.8 Å². The molecule has 1 aromatic heterocycles. The van der Waals surface area contributed by atoms with Gasteiger partial charge < -0.3 is 15.8 Å². The van der Waals surface area contributed by atoms with Crippen molar-refractivity contribution in [3.8, 4) is 0 Å². The molecular weight excluding hydrogens is 621 g/mol. The summed E-state index contributed by atoms with van der Waals surface area (Å²) in [5.41, 5.74) is 1.88. The molecule has 45 heavy (non-hydrogen) atoms. The van der Waals surface area contributed by atoms with Crippen LogP contribution in [0.5, 0.6) is 0 Å². The monoisotopic (exact) mass is 649 g/mol. The van der Waals surface area contributed by atoms with E-state index in [2.05, 4.69) is 15.3 Å². The van der Waals surface area contributed by atoms with Crippen molar-refractivity contribution in [3.05, 3.63) is 75.6 Å². The van der Waals surface area contributed by atoms with Crippen LogP contribution in [0.3, 0.4) is 0 Å². The minimum absolute atomic E-state index is 0.00449. The molecular formula is C29H28F9N5O2. The minimum Gasteiger partial charge on any atom is -0.449 e. The Labute approximate surface area is 251 Å². The van der Waals surface area contributed by atoms with Crippen molar-refractivity contribution in [1.29, 1.82) is 0 Å². The molecule has 7 nitrogen and oxygen atoms in total. The number of amides is 1. The van der Waals surface area contributed by atoms with E-state index in [1.54, 1.807) is 13.8 Å². The van der Waals surface area contributed by atoms with Gasteiger partial charge in [0.2, 0.25) is 5.95 Å². The quantitative estimate of drug-likeness (QED) is 0.261. The number of aromatic nitrogens is 2. The number of anilines is 3. The smallest absolute Gasteiger partial charge is 0.416 e. The molecule has 1 amide bonds. The lowest BCUT2D eigenvalue weighted by molar-refractivity contribution is -0.143. The molecule has 0 saturated heterocycles. The summed E-state index contributed by atoms with van der Waals surface area (Å²) in [7, 11) is 0. The number of carbonyl (C=O) groups is 1. The van der Waals surface area contributed by atoms with E-state index in [-0.39, 0.29) is 58.9 Å². The molecule has 1 aliphatic rings. The van der Waals surface area contributed by atoms with Crippen LogP contribution in [0.4, 0.5) is 61.6 Å². The highest BCUT2D eigenvalue weighted by Crippen LogP contribution is 2.43. The molecule has 0 spiro atoms. The van der Waals surface area contributed by atoms with Gasteiger partial charge in [0, 0.05) is 12.5 Å². The Hall–Kier alpha value is -4.24. The molecule has 0 radical (unpaired) electrons. The third kappa shape index (κ3) is 7.36. The van der Waals surface area contributed by atoms with E-state index in [0.29, 0.717) is 18.6 Å². The zero-order valence-corrected chi connectivity index (χ0v) is 24.1. The van der Waals surface area contributed by atoms with Crippen LogP contribution in [0.2, 0.25) is 0 Å². The molecule has 0 saturated carbocycles. The molecule has 3 N–H and O–H groups in total. The summed E-state index contributed by atoms with van der Waals surface area (Å²) in [6.45, 7) is 4.83. The fourth-order valence-electron chi connectivity index (χ4n) is 5.17. The maximum atomic E-state index is 13.7. The van der Waals surface area contributed by atoms with E-state index in [9.17, 15) is 44.3 Å². The average molecular weight is 650 g/mol. The number of nitrogen functional groups attached to an aromatic ring is 1. The highest BCUT2D eigenvalue weighted by atomic mass is 19.4. The summed E-state index contributed by atoms with van der Waals surface area (Å²) in [4.78, 5) is 22.6. The zero-order valence-electron chi connectivity index (χ0n) is 24.1. The summed E-state index contributed by atoms with van der Waals surface area (Å²) >= 11 is 0. The summed E-state index contributed by atoms with van der Waals surface area (Å²) in [6, 6.07) is 2.60. The predicted octanol–water partition coefficient (Wildman–Crippen LogP) is 8.31. The first-order valence-electron chi connectivity index (χ1n) is 13.7. The highest BCUT2D eigenvalue weighted by Gasteiger charge is 2.40. The first kappa shape index (κ1) is 33.6. The lowest BCUT2D eigenvalue weighted by atomic mass is 9.89. The van der Waals surface area contributed by atoms with Gasteiger partial charge in [-0.3, -0.25) is 4.90 Å². The number of nitrogens with zero attached hydrogens (tertiary/aromatic N) is 3. The van der Waals surface area contributed by atoms with Crippen molar-refractivity contribution in [2.75, 3.05) is 22.6 Å². The summed E-state index contributed by atoms with van der Waals surface area (Å²) in [5.74, 6) is -0.174. The molecule has 2 aromatic carbocycles. The van der Waals surface area contributed by atoms with E-state index >= 15 is 0 Å². The second-order valence-electron chi connectivity index (χ2n) is 10.4. The molecule has 0 unspecified atom stereocenters. The van der Waals surface area contributed by atoms with Crippen molar-refractivity contribution in [1.82, 2.24) is 9.97 Å². The second-order valence-corrected chi connectivity index (χ2v) is 10.4. The number of hydrogen-bond donors (Lipinski definition) is 2. The number of halogens is 9. The number of carbonyl (C=O) groups excluding carboxylic acids is 1. The van der Waals surface area contributed by atoms with Crippen LogP contribution in [0.15, 0.2) is 36.4 Å². The number of ether oxygens (including phenoxy) is 1. The molecule has 244 valence electrons. The minimum atomic E-state index is -5.06. The van der Waals surface area contributed by atoms with Gasteiger partial charge in [0.15, 0.2) is 0 Å². The number of nitrogens with one attached hydrogen (secondary N) is 1. The number of hydrogen-bond acceptors (Lipinski definition) is 6. The Kier molecular flexibility index (Phi) is 9.18.